The minimum Gasteiger partial charge on any atom is -0.321 e. The summed E-state index contributed by atoms with van der Waals surface area (Å²) >= 11 is 0. The van der Waals surface area contributed by atoms with Crippen LogP contribution in [0.25, 0.3) is 0 Å². The Morgan fingerprint density at radius 1 is 1.08 bits per heavy atom. The maximum Gasteiger partial charge on any atom is 0.276 e. The predicted octanol–water partition coefficient (Wildman–Crippen LogP) is 1.87. The van der Waals surface area contributed by atoms with Gasteiger partial charge in [-0.25, -0.2) is 8.42 Å². The van der Waals surface area contributed by atoms with Crippen molar-refractivity contribution in [2.24, 2.45) is 0 Å². The van der Waals surface area contributed by atoms with Crippen molar-refractivity contribution in [2.45, 2.75) is 37.1 Å². The highest BCUT2D eigenvalue weighted by molar-refractivity contribution is 7.89. The molecular formula is C17H20N4O3S. The number of sulfonamides is 1. The van der Waals surface area contributed by atoms with E-state index in [0.717, 1.165) is 37.9 Å². The second-order valence-electron chi connectivity index (χ2n) is 6.44. The van der Waals surface area contributed by atoms with E-state index >= 15 is 0 Å². The Labute approximate surface area is 146 Å². The van der Waals surface area contributed by atoms with Crippen molar-refractivity contribution in [3.05, 3.63) is 41.7 Å². The zero-order valence-electron chi connectivity index (χ0n) is 13.8. The first-order valence-electron chi connectivity index (χ1n) is 8.52. The summed E-state index contributed by atoms with van der Waals surface area (Å²) < 4.78 is 28.6. The van der Waals surface area contributed by atoms with Crippen LogP contribution in [-0.4, -0.2) is 41.5 Å². The maximum atomic E-state index is 12.6. The second kappa shape index (κ2) is 6.27. The average Bonchev–Trinajstić information content (AvgIpc) is 3.32. The lowest BCUT2D eigenvalue weighted by molar-refractivity contribution is 0.102. The van der Waals surface area contributed by atoms with Crippen molar-refractivity contribution >= 4 is 21.6 Å². The highest BCUT2D eigenvalue weighted by Gasteiger charge is 2.27. The van der Waals surface area contributed by atoms with E-state index in [9.17, 15) is 13.2 Å². The SMILES string of the molecule is O=C(Nc1cccc(S(=O)(=O)N2CCCC2)c1)c1cc2n(n1)CCC2. The van der Waals surface area contributed by atoms with Crippen LogP contribution in [0.2, 0.25) is 0 Å². The number of nitrogens with zero attached hydrogens (tertiary/aromatic N) is 3. The molecule has 0 saturated carbocycles. The zero-order valence-corrected chi connectivity index (χ0v) is 14.6. The van der Waals surface area contributed by atoms with Crippen LogP contribution in [0.1, 0.15) is 35.4 Å². The molecule has 1 fully saturated rings. The van der Waals surface area contributed by atoms with Crippen LogP contribution in [0.4, 0.5) is 5.69 Å². The summed E-state index contributed by atoms with van der Waals surface area (Å²) in [6, 6.07) is 8.20. The van der Waals surface area contributed by atoms with Crippen LogP contribution >= 0.6 is 0 Å². The van der Waals surface area contributed by atoms with Crippen molar-refractivity contribution in [1.82, 2.24) is 14.1 Å². The molecule has 7 nitrogen and oxygen atoms in total. The van der Waals surface area contributed by atoms with Crippen molar-refractivity contribution in [2.75, 3.05) is 18.4 Å². The zero-order chi connectivity index (χ0) is 17.4. The quantitative estimate of drug-likeness (QED) is 0.902. The molecule has 1 saturated heterocycles. The van der Waals surface area contributed by atoms with E-state index in [1.807, 2.05) is 4.68 Å². The van der Waals surface area contributed by atoms with E-state index in [1.165, 1.54) is 10.4 Å². The number of carbonyl (C=O) groups is 1. The fourth-order valence-corrected chi connectivity index (χ4v) is 4.94. The Morgan fingerprint density at radius 3 is 2.64 bits per heavy atom. The number of hydrogen-bond donors (Lipinski definition) is 1. The van der Waals surface area contributed by atoms with Gasteiger partial charge in [-0.3, -0.25) is 9.48 Å². The Balaban J connectivity index is 1.54. The van der Waals surface area contributed by atoms with Gasteiger partial charge in [-0.15, -0.1) is 0 Å². The molecule has 2 aliphatic rings. The number of hydrogen-bond acceptors (Lipinski definition) is 4. The molecule has 0 bridgehead atoms. The van der Waals surface area contributed by atoms with Gasteiger partial charge >= 0.3 is 0 Å². The normalized spacial score (nSPS) is 17.6. The van der Waals surface area contributed by atoms with Gasteiger partial charge in [-0.1, -0.05) is 6.07 Å². The first-order chi connectivity index (χ1) is 12.0. The molecule has 0 unspecified atom stereocenters. The second-order valence-corrected chi connectivity index (χ2v) is 8.38. The average molecular weight is 360 g/mol. The van der Waals surface area contributed by atoms with Crippen molar-refractivity contribution in [3.63, 3.8) is 0 Å². The highest BCUT2D eigenvalue weighted by atomic mass is 32.2. The molecule has 3 heterocycles. The molecular weight excluding hydrogens is 340 g/mol. The van der Waals surface area contributed by atoms with Crippen molar-refractivity contribution < 1.29 is 13.2 Å². The molecule has 1 aromatic carbocycles. The van der Waals surface area contributed by atoms with Gasteiger partial charge in [-0.2, -0.15) is 9.40 Å². The summed E-state index contributed by atoms with van der Waals surface area (Å²) in [5.74, 6) is -0.322. The van der Waals surface area contributed by atoms with Crippen LogP contribution in [-0.2, 0) is 23.0 Å². The van der Waals surface area contributed by atoms with E-state index in [0.29, 0.717) is 24.5 Å². The summed E-state index contributed by atoms with van der Waals surface area (Å²) in [7, 11) is -3.50. The Bertz CT molecular complexity index is 892. The van der Waals surface area contributed by atoms with Gasteiger partial charge < -0.3 is 5.32 Å². The van der Waals surface area contributed by atoms with Gasteiger partial charge in [0.2, 0.25) is 10.0 Å². The summed E-state index contributed by atoms with van der Waals surface area (Å²) in [5.41, 5.74) is 1.89. The van der Waals surface area contributed by atoms with Gasteiger partial charge in [0.25, 0.3) is 5.91 Å². The Morgan fingerprint density at radius 2 is 1.88 bits per heavy atom. The molecule has 132 valence electrons. The van der Waals surface area contributed by atoms with E-state index in [2.05, 4.69) is 10.4 Å². The van der Waals surface area contributed by atoms with Gasteiger partial charge in [0.1, 0.15) is 0 Å². The smallest absolute Gasteiger partial charge is 0.276 e. The number of carbonyl (C=O) groups excluding carboxylic acids is 1. The number of fused-ring (bicyclic) bond motifs is 1. The molecule has 2 aliphatic heterocycles. The number of rotatable bonds is 4. The summed E-state index contributed by atoms with van der Waals surface area (Å²) in [6.45, 7) is 1.95. The van der Waals surface area contributed by atoms with Gasteiger partial charge in [0, 0.05) is 31.0 Å². The lowest BCUT2D eigenvalue weighted by Gasteiger charge is -2.16. The molecule has 0 radical (unpaired) electrons. The maximum absolute atomic E-state index is 12.6. The van der Waals surface area contributed by atoms with Crippen LogP contribution in [0.15, 0.2) is 35.2 Å². The third kappa shape index (κ3) is 3.07. The number of aryl methyl sites for hydroxylation is 2. The number of nitrogens with one attached hydrogen (secondary N) is 1. The number of amides is 1. The first kappa shape index (κ1) is 16.3. The first-order valence-corrected chi connectivity index (χ1v) is 9.96. The number of aromatic nitrogens is 2. The lowest BCUT2D eigenvalue weighted by Crippen LogP contribution is -2.27. The van der Waals surface area contributed by atoms with Crippen LogP contribution in [0, 0.1) is 0 Å². The molecule has 1 N–H and O–H groups in total. The molecule has 2 aromatic rings. The topological polar surface area (TPSA) is 84.3 Å². The molecule has 0 aliphatic carbocycles. The monoisotopic (exact) mass is 360 g/mol. The number of anilines is 1. The van der Waals surface area contributed by atoms with Crippen LogP contribution in [0.5, 0.6) is 0 Å². The molecule has 4 rings (SSSR count). The lowest BCUT2D eigenvalue weighted by atomic mass is 10.2. The van der Waals surface area contributed by atoms with Crippen molar-refractivity contribution in [3.8, 4) is 0 Å². The largest absolute Gasteiger partial charge is 0.321 e. The minimum atomic E-state index is -3.50. The minimum absolute atomic E-state index is 0.208. The molecule has 25 heavy (non-hydrogen) atoms. The summed E-state index contributed by atoms with van der Waals surface area (Å²) in [6.07, 6.45) is 3.77. The Kier molecular flexibility index (Phi) is 4.09. The van der Waals surface area contributed by atoms with E-state index < -0.39 is 10.0 Å². The molecule has 0 atom stereocenters. The fraction of sp³-hybridized carbons (Fsp3) is 0.412. The van der Waals surface area contributed by atoms with Gasteiger partial charge in [0.05, 0.1) is 4.90 Å². The summed E-state index contributed by atoms with van der Waals surface area (Å²) in [4.78, 5) is 12.6. The van der Waals surface area contributed by atoms with Crippen molar-refractivity contribution in [1.29, 1.82) is 0 Å². The van der Waals surface area contributed by atoms with Crippen LogP contribution < -0.4 is 5.32 Å². The molecule has 1 amide bonds. The van der Waals surface area contributed by atoms with E-state index in [1.54, 1.807) is 24.3 Å². The third-order valence-corrected chi connectivity index (χ3v) is 6.59. The standard InChI is InChI=1S/C17H20N4O3S/c22-17(16-12-14-6-4-10-21(14)19-16)18-13-5-3-7-15(11-13)25(23,24)20-8-1-2-9-20/h3,5,7,11-12H,1-2,4,6,8-10H2,(H,18,22). The summed E-state index contributed by atoms with van der Waals surface area (Å²) in [5, 5.41) is 7.05. The van der Waals surface area contributed by atoms with Gasteiger partial charge in [-0.05, 0) is 49.9 Å². The van der Waals surface area contributed by atoms with Gasteiger partial charge in [0.15, 0.2) is 5.69 Å². The molecule has 8 heteroatoms. The Hall–Kier alpha value is -2.19. The fourth-order valence-electron chi connectivity index (χ4n) is 3.38. The third-order valence-electron chi connectivity index (χ3n) is 4.69. The predicted molar refractivity (Wildman–Crippen MR) is 92.9 cm³/mol. The van der Waals surface area contributed by atoms with E-state index in [4.69, 9.17) is 0 Å². The highest BCUT2D eigenvalue weighted by Crippen LogP contribution is 2.23. The molecule has 1 aromatic heterocycles. The number of benzene rings is 1. The molecule has 0 spiro atoms. The van der Waals surface area contributed by atoms with Crippen LogP contribution in [0.3, 0.4) is 0 Å². The van der Waals surface area contributed by atoms with E-state index in [-0.39, 0.29) is 10.8 Å².